The highest BCUT2D eigenvalue weighted by atomic mass is 16.6. The standard InChI is InChI=1S/C23H39NO3/c1-20(2)14-27-23(24(20)26)12-11-21(3)15(13-23)5-6-16-17-7-8-19(25)22(17,4)10-9-18(16)21/h15-19,25-26H,5-14H2,1-4H3/t15-,16-,17-,18-,19-,21-,22-,23?/m0/s1. The van der Waals surface area contributed by atoms with E-state index in [1.807, 2.05) is 0 Å². The van der Waals surface area contributed by atoms with E-state index in [4.69, 9.17) is 4.74 Å². The van der Waals surface area contributed by atoms with E-state index in [1.165, 1.54) is 32.1 Å². The molecule has 5 rings (SSSR count). The molecule has 0 aromatic carbocycles. The van der Waals surface area contributed by atoms with E-state index in [-0.39, 0.29) is 17.1 Å². The fourth-order valence-electron chi connectivity index (χ4n) is 8.49. The van der Waals surface area contributed by atoms with Crippen LogP contribution in [0.25, 0.3) is 0 Å². The molecule has 5 fully saturated rings. The molecule has 0 amide bonds. The quantitative estimate of drug-likeness (QED) is 0.648. The van der Waals surface area contributed by atoms with Gasteiger partial charge in [0.05, 0.1) is 18.2 Å². The van der Waals surface area contributed by atoms with Crippen molar-refractivity contribution in [1.82, 2.24) is 5.06 Å². The number of hydrogen-bond acceptors (Lipinski definition) is 4. The molecule has 1 saturated heterocycles. The Kier molecular flexibility index (Phi) is 3.99. The van der Waals surface area contributed by atoms with E-state index in [2.05, 4.69) is 27.7 Å². The van der Waals surface area contributed by atoms with Crippen LogP contribution in [-0.4, -0.2) is 39.4 Å². The predicted molar refractivity (Wildman–Crippen MR) is 104 cm³/mol. The van der Waals surface area contributed by atoms with Gasteiger partial charge in [-0.05, 0) is 106 Å². The minimum Gasteiger partial charge on any atom is -0.393 e. The van der Waals surface area contributed by atoms with E-state index < -0.39 is 5.72 Å². The Hall–Kier alpha value is -0.160. The normalized spacial score (nSPS) is 57.3. The Morgan fingerprint density at radius 1 is 0.852 bits per heavy atom. The molecule has 1 aliphatic heterocycles. The molecule has 5 aliphatic rings. The van der Waals surface area contributed by atoms with Gasteiger partial charge in [-0.25, -0.2) is 0 Å². The van der Waals surface area contributed by atoms with E-state index in [0.29, 0.717) is 17.9 Å². The fourth-order valence-corrected chi connectivity index (χ4v) is 8.49. The molecule has 0 aromatic heterocycles. The van der Waals surface area contributed by atoms with Crippen LogP contribution in [0.15, 0.2) is 0 Å². The zero-order valence-corrected chi connectivity index (χ0v) is 17.7. The van der Waals surface area contributed by atoms with Gasteiger partial charge in [0.1, 0.15) is 5.72 Å². The summed E-state index contributed by atoms with van der Waals surface area (Å²) < 4.78 is 6.28. The van der Waals surface area contributed by atoms with Crippen molar-refractivity contribution in [1.29, 1.82) is 0 Å². The van der Waals surface area contributed by atoms with Crippen LogP contribution in [0.1, 0.15) is 85.5 Å². The zero-order valence-electron chi connectivity index (χ0n) is 17.7. The van der Waals surface area contributed by atoms with Crippen LogP contribution < -0.4 is 0 Å². The summed E-state index contributed by atoms with van der Waals surface area (Å²) >= 11 is 0. The summed E-state index contributed by atoms with van der Waals surface area (Å²) in [7, 11) is 0. The van der Waals surface area contributed by atoms with E-state index in [9.17, 15) is 10.3 Å². The van der Waals surface area contributed by atoms with Gasteiger partial charge in [-0.3, -0.25) is 0 Å². The molecule has 2 N–H and O–H groups in total. The number of aliphatic hydroxyl groups is 1. The van der Waals surface area contributed by atoms with Crippen LogP contribution in [0.4, 0.5) is 0 Å². The molecular formula is C23H39NO3. The number of hydroxylamine groups is 2. The average Bonchev–Trinajstić information content (AvgIpc) is 3.05. The summed E-state index contributed by atoms with van der Waals surface area (Å²) in [5, 5.41) is 23.1. The van der Waals surface area contributed by atoms with Crippen LogP contribution in [0.2, 0.25) is 0 Å². The average molecular weight is 378 g/mol. The molecule has 4 nitrogen and oxygen atoms in total. The predicted octanol–water partition coefficient (Wildman–Crippen LogP) is 4.59. The van der Waals surface area contributed by atoms with Gasteiger partial charge in [0.2, 0.25) is 0 Å². The maximum Gasteiger partial charge on any atom is 0.144 e. The Bertz CT molecular complexity index is 623. The summed E-state index contributed by atoms with van der Waals surface area (Å²) in [5.41, 5.74) is -0.189. The summed E-state index contributed by atoms with van der Waals surface area (Å²) in [6.45, 7) is 9.71. The van der Waals surface area contributed by atoms with Crippen molar-refractivity contribution in [3.05, 3.63) is 0 Å². The number of fused-ring (bicyclic) bond motifs is 5. The summed E-state index contributed by atoms with van der Waals surface area (Å²) in [6.07, 6.45) is 10.3. The minimum atomic E-state index is -0.451. The van der Waals surface area contributed by atoms with Gasteiger partial charge in [-0.1, -0.05) is 13.8 Å². The Labute approximate surface area is 164 Å². The second-order valence-electron chi connectivity index (χ2n) is 11.9. The lowest BCUT2D eigenvalue weighted by Gasteiger charge is -2.62. The second-order valence-corrected chi connectivity index (χ2v) is 11.9. The molecule has 1 unspecified atom stereocenters. The van der Waals surface area contributed by atoms with Crippen LogP contribution in [0, 0.1) is 34.5 Å². The van der Waals surface area contributed by atoms with Crippen molar-refractivity contribution in [2.45, 2.75) is 103 Å². The van der Waals surface area contributed by atoms with Gasteiger partial charge < -0.3 is 15.1 Å². The third-order valence-corrected chi connectivity index (χ3v) is 10.3. The largest absolute Gasteiger partial charge is 0.393 e. The summed E-state index contributed by atoms with van der Waals surface area (Å²) in [5.74, 6) is 2.95. The first-order valence-corrected chi connectivity index (χ1v) is 11.4. The van der Waals surface area contributed by atoms with E-state index in [1.54, 1.807) is 5.06 Å². The molecular weight excluding hydrogens is 338 g/mol. The molecule has 1 heterocycles. The molecule has 154 valence electrons. The highest BCUT2D eigenvalue weighted by Crippen LogP contribution is 2.67. The van der Waals surface area contributed by atoms with Gasteiger partial charge in [0.15, 0.2) is 0 Å². The Balaban J connectivity index is 1.40. The molecule has 0 aromatic rings. The third-order valence-electron chi connectivity index (χ3n) is 10.3. The molecule has 4 saturated carbocycles. The lowest BCUT2D eigenvalue weighted by Crippen LogP contribution is -2.60. The highest BCUT2D eigenvalue weighted by molar-refractivity contribution is 5.11. The Morgan fingerprint density at radius 3 is 2.30 bits per heavy atom. The number of rotatable bonds is 0. The molecule has 27 heavy (non-hydrogen) atoms. The van der Waals surface area contributed by atoms with Crippen molar-refractivity contribution in [3.8, 4) is 0 Å². The maximum absolute atomic E-state index is 10.9. The van der Waals surface area contributed by atoms with Crippen molar-refractivity contribution in [3.63, 3.8) is 0 Å². The first-order valence-electron chi connectivity index (χ1n) is 11.4. The highest BCUT2D eigenvalue weighted by Gasteiger charge is 2.64. The lowest BCUT2D eigenvalue weighted by atomic mass is 9.44. The van der Waals surface area contributed by atoms with Crippen LogP contribution in [-0.2, 0) is 4.74 Å². The number of hydrogen-bond donors (Lipinski definition) is 2. The van der Waals surface area contributed by atoms with Gasteiger partial charge >= 0.3 is 0 Å². The monoisotopic (exact) mass is 377 g/mol. The molecule has 0 radical (unpaired) electrons. The van der Waals surface area contributed by atoms with E-state index >= 15 is 0 Å². The van der Waals surface area contributed by atoms with Gasteiger partial charge in [0, 0.05) is 0 Å². The number of nitrogens with zero attached hydrogens (tertiary/aromatic N) is 1. The maximum atomic E-state index is 10.9. The van der Waals surface area contributed by atoms with Crippen molar-refractivity contribution >= 4 is 0 Å². The summed E-state index contributed by atoms with van der Waals surface area (Å²) in [4.78, 5) is 0. The first-order chi connectivity index (χ1) is 12.6. The Morgan fingerprint density at radius 2 is 1.59 bits per heavy atom. The second kappa shape index (κ2) is 5.71. The van der Waals surface area contributed by atoms with Crippen LogP contribution >= 0.6 is 0 Å². The lowest BCUT2D eigenvalue weighted by molar-refractivity contribution is -0.283. The van der Waals surface area contributed by atoms with Gasteiger partial charge in [-0.2, -0.15) is 5.06 Å². The molecule has 0 bridgehead atoms. The molecule has 4 aliphatic carbocycles. The van der Waals surface area contributed by atoms with Crippen molar-refractivity contribution in [2.24, 2.45) is 34.5 Å². The minimum absolute atomic E-state index is 0.0827. The fraction of sp³-hybridized carbons (Fsp3) is 1.00. The van der Waals surface area contributed by atoms with Crippen LogP contribution in [0.3, 0.4) is 0 Å². The SMILES string of the molecule is CC1(C)COC2(CC[C@@]3(C)[C@@H](CC[C@@H]4[C@@H]3CC[C@]3(C)[C@@H](O)CC[C@@H]43)C2)N1O. The topological polar surface area (TPSA) is 52.9 Å². The number of ether oxygens (including phenoxy) is 1. The molecule has 8 atom stereocenters. The van der Waals surface area contributed by atoms with Crippen molar-refractivity contribution < 1.29 is 15.1 Å². The first kappa shape index (κ1) is 18.8. The summed E-state index contributed by atoms with van der Waals surface area (Å²) in [6, 6.07) is 0. The smallest absolute Gasteiger partial charge is 0.144 e. The zero-order chi connectivity index (χ0) is 19.2. The third kappa shape index (κ3) is 2.36. The molecule has 4 heteroatoms. The van der Waals surface area contributed by atoms with Crippen LogP contribution in [0.5, 0.6) is 0 Å². The van der Waals surface area contributed by atoms with Gasteiger partial charge in [0.25, 0.3) is 0 Å². The van der Waals surface area contributed by atoms with Gasteiger partial charge in [-0.15, -0.1) is 0 Å². The number of aliphatic hydroxyl groups excluding tert-OH is 1. The molecule has 1 spiro atoms. The van der Waals surface area contributed by atoms with E-state index in [0.717, 1.165) is 43.4 Å². The van der Waals surface area contributed by atoms with Crippen molar-refractivity contribution in [2.75, 3.05) is 6.61 Å².